The van der Waals surface area contributed by atoms with Crippen LogP contribution < -0.4 is 5.32 Å². The van der Waals surface area contributed by atoms with Gasteiger partial charge in [0.05, 0.1) is 16.1 Å². The monoisotopic (exact) mass is 322 g/mol. The average molecular weight is 323 g/mol. The third-order valence-electron chi connectivity index (χ3n) is 2.58. The molecule has 0 radical (unpaired) electrons. The van der Waals surface area contributed by atoms with Gasteiger partial charge in [0.15, 0.2) is 0 Å². The number of benzene rings is 2. The van der Waals surface area contributed by atoms with Crippen molar-refractivity contribution in [1.82, 2.24) is 0 Å². The Labute approximate surface area is 117 Å². The van der Waals surface area contributed by atoms with Gasteiger partial charge in [0.1, 0.15) is 11.6 Å². The highest BCUT2D eigenvalue weighted by Gasteiger charge is 2.05. The van der Waals surface area contributed by atoms with E-state index in [1.807, 2.05) is 6.07 Å². The summed E-state index contributed by atoms with van der Waals surface area (Å²) in [5, 5.41) is 11.6. The lowest BCUT2D eigenvalue weighted by Gasteiger charge is -2.08. The first kappa shape index (κ1) is 13.5. The van der Waals surface area contributed by atoms with Crippen LogP contribution in [0.25, 0.3) is 0 Å². The van der Waals surface area contributed by atoms with Crippen molar-refractivity contribution in [1.29, 1.82) is 5.26 Å². The summed E-state index contributed by atoms with van der Waals surface area (Å²) in [4.78, 5) is 0. The molecule has 19 heavy (non-hydrogen) atoms. The molecule has 0 atom stereocenters. The van der Waals surface area contributed by atoms with Gasteiger partial charge in [0, 0.05) is 17.8 Å². The normalized spacial score (nSPS) is 10.0. The third kappa shape index (κ3) is 3.30. The van der Waals surface area contributed by atoms with Crippen LogP contribution >= 0.6 is 15.9 Å². The predicted octanol–water partition coefficient (Wildman–Crippen LogP) is 4.21. The van der Waals surface area contributed by atoms with Crippen molar-refractivity contribution >= 4 is 21.6 Å². The summed E-state index contributed by atoms with van der Waals surface area (Å²) in [6.45, 7) is 0.221. The van der Waals surface area contributed by atoms with Crippen LogP contribution in [0.2, 0.25) is 0 Å². The minimum absolute atomic E-state index is 0.221. The molecule has 0 aliphatic rings. The molecule has 0 aromatic heterocycles. The van der Waals surface area contributed by atoms with E-state index >= 15 is 0 Å². The van der Waals surface area contributed by atoms with Crippen LogP contribution in [-0.2, 0) is 6.54 Å². The number of anilines is 1. The van der Waals surface area contributed by atoms with E-state index in [1.165, 1.54) is 18.2 Å². The van der Waals surface area contributed by atoms with Gasteiger partial charge in [0.25, 0.3) is 0 Å². The Kier molecular flexibility index (Phi) is 4.13. The highest BCUT2D eigenvalue weighted by Crippen LogP contribution is 2.20. The number of halogens is 3. The predicted molar refractivity (Wildman–Crippen MR) is 72.5 cm³/mol. The quantitative estimate of drug-likeness (QED) is 0.918. The number of rotatable bonds is 3. The van der Waals surface area contributed by atoms with Crippen molar-refractivity contribution in [2.75, 3.05) is 5.32 Å². The molecule has 2 aromatic rings. The van der Waals surface area contributed by atoms with Gasteiger partial charge in [-0.1, -0.05) is 6.07 Å². The lowest BCUT2D eigenvalue weighted by molar-refractivity contribution is 0.612. The van der Waals surface area contributed by atoms with E-state index in [1.54, 1.807) is 18.2 Å². The molecule has 0 amide bonds. The van der Waals surface area contributed by atoms with Crippen LogP contribution in [0, 0.1) is 23.0 Å². The lowest BCUT2D eigenvalue weighted by Crippen LogP contribution is -2.02. The third-order valence-corrected chi connectivity index (χ3v) is 3.23. The molecule has 96 valence electrons. The summed E-state index contributed by atoms with van der Waals surface area (Å²) < 4.78 is 27.3. The van der Waals surface area contributed by atoms with E-state index in [9.17, 15) is 8.78 Å². The summed E-state index contributed by atoms with van der Waals surface area (Å²) in [5.41, 5.74) is 1.25. The van der Waals surface area contributed by atoms with Crippen molar-refractivity contribution in [3.05, 3.63) is 63.6 Å². The van der Waals surface area contributed by atoms with E-state index in [2.05, 4.69) is 21.2 Å². The maximum atomic E-state index is 13.6. The van der Waals surface area contributed by atoms with E-state index in [0.29, 0.717) is 15.7 Å². The smallest absolute Gasteiger partial charge is 0.139 e. The number of nitrogens with one attached hydrogen (secondary N) is 1. The molecule has 0 saturated carbocycles. The first-order valence-corrected chi connectivity index (χ1v) is 6.27. The molecule has 5 heteroatoms. The Morgan fingerprint density at radius 2 is 1.89 bits per heavy atom. The largest absolute Gasteiger partial charge is 0.381 e. The Morgan fingerprint density at radius 3 is 2.53 bits per heavy atom. The van der Waals surface area contributed by atoms with Crippen molar-refractivity contribution in [2.24, 2.45) is 0 Å². The van der Waals surface area contributed by atoms with E-state index in [-0.39, 0.29) is 17.9 Å². The minimum atomic E-state index is -0.455. The second-order valence-electron chi connectivity index (χ2n) is 3.90. The fourth-order valence-electron chi connectivity index (χ4n) is 1.56. The summed E-state index contributed by atoms with van der Waals surface area (Å²) >= 11 is 3.06. The van der Waals surface area contributed by atoms with Gasteiger partial charge in [-0.2, -0.15) is 5.26 Å². The van der Waals surface area contributed by atoms with Crippen LogP contribution in [0.1, 0.15) is 11.1 Å². The molecule has 2 aromatic carbocycles. The highest BCUT2D eigenvalue weighted by atomic mass is 79.9. The summed E-state index contributed by atoms with van der Waals surface area (Å²) in [5.74, 6) is -0.838. The van der Waals surface area contributed by atoms with Gasteiger partial charge in [-0.3, -0.25) is 0 Å². The zero-order valence-corrected chi connectivity index (χ0v) is 11.3. The van der Waals surface area contributed by atoms with Crippen LogP contribution in [0.5, 0.6) is 0 Å². The maximum absolute atomic E-state index is 13.6. The van der Waals surface area contributed by atoms with Crippen molar-refractivity contribution in [2.45, 2.75) is 6.54 Å². The van der Waals surface area contributed by atoms with Crippen LogP contribution in [0.3, 0.4) is 0 Å². The fourth-order valence-corrected chi connectivity index (χ4v) is 1.81. The molecule has 0 unspecified atom stereocenters. The SMILES string of the molecule is N#Cc1ccc(CNc2ccc(Br)c(F)c2)c(F)c1. The maximum Gasteiger partial charge on any atom is 0.139 e. The summed E-state index contributed by atoms with van der Waals surface area (Å²) in [7, 11) is 0. The zero-order valence-electron chi connectivity index (χ0n) is 9.75. The number of nitrogens with zero attached hydrogens (tertiary/aromatic N) is 1. The van der Waals surface area contributed by atoms with Crippen LogP contribution in [0.15, 0.2) is 40.9 Å². The number of nitriles is 1. The molecule has 0 bridgehead atoms. The van der Waals surface area contributed by atoms with Crippen LogP contribution in [0.4, 0.5) is 14.5 Å². The van der Waals surface area contributed by atoms with Gasteiger partial charge in [-0.15, -0.1) is 0 Å². The second-order valence-corrected chi connectivity index (χ2v) is 4.75. The molecule has 0 spiro atoms. The van der Waals surface area contributed by atoms with Crippen molar-refractivity contribution < 1.29 is 8.78 Å². The van der Waals surface area contributed by atoms with E-state index in [0.717, 1.165) is 0 Å². The minimum Gasteiger partial charge on any atom is -0.381 e. The Bertz CT molecular complexity index is 650. The summed E-state index contributed by atoms with van der Waals surface area (Å²) in [6.07, 6.45) is 0. The molecule has 0 saturated heterocycles. The topological polar surface area (TPSA) is 35.8 Å². The Hall–Kier alpha value is -1.93. The molecule has 0 aliphatic carbocycles. The highest BCUT2D eigenvalue weighted by molar-refractivity contribution is 9.10. The van der Waals surface area contributed by atoms with Gasteiger partial charge >= 0.3 is 0 Å². The molecular formula is C14H9BrF2N2. The Balaban J connectivity index is 2.10. The van der Waals surface area contributed by atoms with Gasteiger partial charge < -0.3 is 5.32 Å². The van der Waals surface area contributed by atoms with Gasteiger partial charge in [0.2, 0.25) is 0 Å². The van der Waals surface area contributed by atoms with Gasteiger partial charge in [-0.05, 0) is 46.3 Å². The first-order valence-electron chi connectivity index (χ1n) is 5.47. The summed E-state index contributed by atoms with van der Waals surface area (Å²) in [6, 6.07) is 10.7. The fraction of sp³-hybridized carbons (Fsp3) is 0.0714. The van der Waals surface area contributed by atoms with Crippen molar-refractivity contribution in [3.63, 3.8) is 0 Å². The molecule has 2 rings (SSSR count). The van der Waals surface area contributed by atoms with E-state index in [4.69, 9.17) is 5.26 Å². The first-order chi connectivity index (χ1) is 9.10. The molecular weight excluding hydrogens is 314 g/mol. The average Bonchev–Trinajstić information content (AvgIpc) is 2.41. The second kappa shape index (κ2) is 5.81. The van der Waals surface area contributed by atoms with Crippen LogP contribution in [-0.4, -0.2) is 0 Å². The number of hydrogen-bond acceptors (Lipinski definition) is 2. The molecule has 0 aliphatic heterocycles. The number of hydrogen-bond donors (Lipinski definition) is 1. The van der Waals surface area contributed by atoms with Gasteiger partial charge in [-0.25, -0.2) is 8.78 Å². The molecule has 0 fully saturated rings. The van der Waals surface area contributed by atoms with E-state index < -0.39 is 5.82 Å². The molecule has 2 nitrogen and oxygen atoms in total. The standard InChI is InChI=1S/C14H9BrF2N2/c15-12-4-3-11(6-14(12)17)19-8-10-2-1-9(7-18)5-13(10)16/h1-6,19H,8H2. The molecule has 0 heterocycles. The molecule has 1 N–H and O–H groups in total. The lowest BCUT2D eigenvalue weighted by atomic mass is 10.1. The van der Waals surface area contributed by atoms with Crippen molar-refractivity contribution in [3.8, 4) is 6.07 Å². The Morgan fingerprint density at radius 1 is 1.11 bits per heavy atom. The zero-order chi connectivity index (χ0) is 13.8.